The maximum atomic E-state index is 12.2. The molecule has 0 saturated carbocycles. The maximum absolute atomic E-state index is 12.2. The molecule has 0 radical (unpaired) electrons. The van der Waals surface area contributed by atoms with Gasteiger partial charge in [0, 0.05) is 6.04 Å². The number of alkyl halides is 2. The molecule has 1 heterocycles. The predicted octanol–water partition coefficient (Wildman–Crippen LogP) is 2.21. The molecular formula is C12H15F2N5O. The molecule has 0 spiro atoms. The highest BCUT2D eigenvalue weighted by molar-refractivity contribution is 5.30. The summed E-state index contributed by atoms with van der Waals surface area (Å²) < 4.78 is 28.8. The minimum absolute atomic E-state index is 0.0790. The summed E-state index contributed by atoms with van der Waals surface area (Å²) in [5.74, 6) is 0.676. The fraction of sp³-hybridized carbons (Fsp3) is 0.417. The molecule has 0 aliphatic heterocycles. The molecule has 2 unspecified atom stereocenters. The summed E-state index contributed by atoms with van der Waals surface area (Å²) in [5, 5.41) is 16.9. The number of benzene rings is 1. The molecule has 108 valence electrons. The molecule has 0 aliphatic rings. The highest BCUT2D eigenvalue weighted by atomic mass is 19.3. The van der Waals surface area contributed by atoms with Crippen LogP contribution >= 0.6 is 0 Å². The molecule has 1 aromatic heterocycles. The second-order valence-corrected chi connectivity index (χ2v) is 4.33. The number of rotatable bonds is 6. The van der Waals surface area contributed by atoms with Crippen molar-refractivity contribution in [3.05, 3.63) is 35.7 Å². The monoisotopic (exact) mass is 283 g/mol. The molecule has 2 rings (SSSR count). The molecular weight excluding hydrogens is 268 g/mol. The van der Waals surface area contributed by atoms with E-state index >= 15 is 0 Å². The number of tetrazole rings is 1. The minimum Gasteiger partial charge on any atom is -0.435 e. The lowest BCUT2D eigenvalue weighted by atomic mass is 10.1. The highest BCUT2D eigenvalue weighted by Gasteiger charge is 2.15. The van der Waals surface area contributed by atoms with Crippen molar-refractivity contribution in [1.82, 2.24) is 25.9 Å². The Kier molecular flexibility index (Phi) is 4.57. The van der Waals surface area contributed by atoms with Gasteiger partial charge in [0.15, 0.2) is 5.82 Å². The van der Waals surface area contributed by atoms with E-state index in [1.165, 1.54) is 6.07 Å². The fourth-order valence-electron chi connectivity index (χ4n) is 1.86. The predicted molar refractivity (Wildman–Crippen MR) is 67.2 cm³/mol. The molecule has 0 bridgehead atoms. The molecule has 0 saturated heterocycles. The number of hydrogen-bond acceptors (Lipinski definition) is 5. The summed E-state index contributed by atoms with van der Waals surface area (Å²) in [6.45, 7) is 0.977. The van der Waals surface area contributed by atoms with E-state index in [2.05, 4.69) is 30.7 Å². The summed E-state index contributed by atoms with van der Waals surface area (Å²) in [5.41, 5.74) is 0.832. The van der Waals surface area contributed by atoms with Gasteiger partial charge in [-0.3, -0.25) is 0 Å². The van der Waals surface area contributed by atoms with Crippen LogP contribution in [-0.4, -0.2) is 27.2 Å². The van der Waals surface area contributed by atoms with E-state index < -0.39 is 6.61 Å². The highest BCUT2D eigenvalue weighted by Crippen LogP contribution is 2.22. The Hall–Kier alpha value is -2.09. The Bertz CT molecular complexity index is 534. The van der Waals surface area contributed by atoms with Gasteiger partial charge in [0.2, 0.25) is 0 Å². The van der Waals surface area contributed by atoms with Gasteiger partial charge in [0.1, 0.15) is 5.75 Å². The normalized spacial score (nSPS) is 14.2. The maximum Gasteiger partial charge on any atom is 0.387 e. The van der Waals surface area contributed by atoms with Crippen LogP contribution in [0.15, 0.2) is 24.3 Å². The summed E-state index contributed by atoms with van der Waals surface area (Å²) in [4.78, 5) is 0. The van der Waals surface area contributed by atoms with E-state index in [0.29, 0.717) is 5.82 Å². The van der Waals surface area contributed by atoms with Crippen molar-refractivity contribution in [1.29, 1.82) is 0 Å². The van der Waals surface area contributed by atoms with Crippen molar-refractivity contribution in [2.24, 2.45) is 0 Å². The lowest BCUT2D eigenvalue weighted by molar-refractivity contribution is -0.0499. The molecule has 1 aromatic carbocycles. The first kappa shape index (κ1) is 14.3. The molecule has 0 aliphatic carbocycles. The topological polar surface area (TPSA) is 75.7 Å². The fourth-order valence-corrected chi connectivity index (χ4v) is 1.86. The first-order valence-corrected chi connectivity index (χ1v) is 6.10. The third kappa shape index (κ3) is 3.70. The van der Waals surface area contributed by atoms with Gasteiger partial charge in [0.05, 0.1) is 6.04 Å². The second kappa shape index (κ2) is 6.38. The minimum atomic E-state index is -2.83. The molecule has 2 atom stereocenters. The zero-order chi connectivity index (χ0) is 14.5. The quantitative estimate of drug-likeness (QED) is 0.850. The van der Waals surface area contributed by atoms with Crippen LogP contribution in [-0.2, 0) is 0 Å². The van der Waals surface area contributed by atoms with Gasteiger partial charge in [-0.05, 0) is 31.5 Å². The summed E-state index contributed by atoms with van der Waals surface area (Å²) in [7, 11) is 0. The summed E-state index contributed by atoms with van der Waals surface area (Å²) in [6.07, 6.45) is 0. The Morgan fingerprint density at radius 2 is 2.05 bits per heavy atom. The molecule has 0 amide bonds. The van der Waals surface area contributed by atoms with Crippen LogP contribution in [0.4, 0.5) is 8.78 Å². The van der Waals surface area contributed by atoms with Crippen LogP contribution in [0.3, 0.4) is 0 Å². The lowest BCUT2D eigenvalue weighted by Gasteiger charge is -2.18. The largest absolute Gasteiger partial charge is 0.435 e. The van der Waals surface area contributed by atoms with Crippen LogP contribution in [0.1, 0.15) is 37.3 Å². The van der Waals surface area contributed by atoms with Gasteiger partial charge in [-0.1, -0.05) is 17.3 Å². The van der Waals surface area contributed by atoms with Crippen LogP contribution in [0, 0.1) is 0 Å². The smallest absolute Gasteiger partial charge is 0.387 e. The van der Waals surface area contributed by atoms with Gasteiger partial charge >= 0.3 is 6.61 Å². The molecule has 2 N–H and O–H groups in total. The number of aromatic amines is 1. The molecule has 0 fully saturated rings. The van der Waals surface area contributed by atoms with Gasteiger partial charge < -0.3 is 10.1 Å². The first-order chi connectivity index (χ1) is 9.56. The molecule has 8 heteroatoms. The lowest BCUT2D eigenvalue weighted by Crippen LogP contribution is -2.23. The van der Waals surface area contributed by atoms with Gasteiger partial charge in [0.25, 0.3) is 0 Å². The first-order valence-electron chi connectivity index (χ1n) is 6.10. The number of nitrogens with one attached hydrogen (secondary N) is 2. The van der Waals surface area contributed by atoms with Crippen LogP contribution in [0.25, 0.3) is 0 Å². The SMILES string of the molecule is CC(NC(C)c1nn[nH]n1)c1cccc(OC(F)F)c1. The standard InChI is InChI=1S/C12H15F2N5O/c1-7(15-8(2)11-16-18-19-17-11)9-4-3-5-10(6-9)20-12(13)14/h3-8,12,15H,1-2H3,(H,16,17,18,19). The van der Waals surface area contributed by atoms with Crippen LogP contribution in [0.2, 0.25) is 0 Å². The van der Waals surface area contributed by atoms with E-state index in [9.17, 15) is 8.78 Å². The van der Waals surface area contributed by atoms with Crippen molar-refractivity contribution in [3.8, 4) is 5.75 Å². The van der Waals surface area contributed by atoms with Crippen molar-refractivity contribution in [3.63, 3.8) is 0 Å². The van der Waals surface area contributed by atoms with Crippen molar-refractivity contribution >= 4 is 0 Å². The number of hydrogen-bond donors (Lipinski definition) is 2. The number of halogens is 2. The van der Waals surface area contributed by atoms with Crippen molar-refractivity contribution < 1.29 is 13.5 Å². The number of ether oxygens (including phenoxy) is 1. The second-order valence-electron chi connectivity index (χ2n) is 4.33. The van der Waals surface area contributed by atoms with Gasteiger partial charge in [-0.2, -0.15) is 14.0 Å². The van der Waals surface area contributed by atoms with Crippen molar-refractivity contribution in [2.75, 3.05) is 0 Å². The molecule has 6 nitrogen and oxygen atoms in total. The van der Waals surface area contributed by atoms with Crippen LogP contribution < -0.4 is 10.1 Å². The van der Waals surface area contributed by atoms with E-state index in [-0.39, 0.29) is 17.8 Å². The number of H-pyrrole nitrogens is 1. The van der Waals surface area contributed by atoms with E-state index in [1.54, 1.807) is 12.1 Å². The van der Waals surface area contributed by atoms with Gasteiger partial charge in [-0.15, -0.1) is 10.2 Å². The Labute approximate surface area is 114 Å². The average molecular weight is 283 g/mol. The van der Waals surface area contributed by atoms with E-state index in [1.807, 2.05) is 19.9 Å². The van der Waals surface area contributed by atoms with E-state index in [0.717, 1.165) is 5.56 Å². The Morgan fingerprint density at radius 1 is 1.25 bits per heavy atom. The zero-order valence-electron chi connectivity index (χ0n) is 11.0. The zero-order valence-corrected chi connectivity index (χ0v) is 11.0. The number of aromatic nitrogens is 4. The van der Waals surface area contributed by atoms with E-state index in [4.69, 9.17) is 0 Å². The third-order valence-corrected chi connectivity index (χ3v) is 2.83. The summed E-state index contributed by atoms with van der Waals surface area (Å²) in [6, 6.07) is 6.37. The van der Waals surface area contributed by atoms with Crippen molar-refractivity contribution in [2.45, 2.75) is 32.5 Å². The Morgan fingerprint density at radius 3 is 2.70 bits per heavy atom. The van der Waals surface area contributed by atoms with Crippen LogP contribution in [0.5, 0.6) is 5.75 Å². The molecule has 2 aromatic rings. The number of nitrogens with zero attached hydrogens (tertiary/aromatic N) is 3. The Balaban J connectivity index is 2.03. The summed E-state index contributed by atoms with van der Waals surface area (Å²) >= 11 is 0. The third-order valence-electron chi connectivity index (χ3n) is 2.83. The molecule has 20 heavy (non-hydrogen) atoms. The van der Waals surface area contributed by atoms with Gasteiger partial charge in [-0.25, -0.2) is 0 Å². The average Bonchev–Trinajstić information content (AvgIpc) is 2.92.